The smallest absolute Gasteiger partial charge is 0.217 e. The van der Waals surface area contributed by atoms with Gasteiger partial charge in [-0.25, -0.2) is 15.0 Å². The van der Waals surface area contributed by atoms with Gasteiger partial charge in [0.15, 0.2) is 35.9 Å². The Morgan fingerprint density at radius 3 is 1.37 bits per heavy atom. The Morgan fingerprint density at radius 1 is 0.414 bits per heavy atom. The Labute approximate surface area is 732 Å². The number of carbonyl (C=O) groups is 4. The molecule has 14 aromatic rings. The summed E-state index contributed by atoms with van der Waals surface area (Å²) >= 11 is 0. The molecule has 1 aliphatic rings. The molecule has 0 bridgehead atoms. The van der Waals surface area contributed by atoms with Crippen molar-refractivity contribution in [2.24, 2.45) is 0 Å². The van der Waals surface area contributed by atoms with Crippen LogP contribution in [-0.2, 0) is 106 Å². The number of benzene rings is 8. The molecule has 4 N–H and O–H groups in total. The number of pyridine rings is 1. The maximum absolute atomic E-state index is 10.0. The Hall–Kier alpha value is -11.5. The van der Waals surface area contributed by atoms with Crippen molar-refractivity contribution >= 4 is 45.1 Å². The molecule has 0 saturated heterocycles. The fraction of sp³-hybridized carbons (Fsp3) is 0.138. The van der Waals surface area contributed by atoms with E-state index in [2.05, 4.69) is 143 Å². The molecular formula is C94H88Ir4N9O9-3. The van der Waals surface area contributed by atoms with Crippen LogP contribution in [0.3, 0.4) is 0 Å². The van der Waals surface area contributed by atoms with Crippen molar-refractivity contribution in [3.8, 4) is 78.9 Å². The molecule has 0 amide bonds. The number of rotatable bonds is 10. The zero-order valence-electron chi connectivity index (χ0n) is 66.0. The first-order chi connectivity index (χ1) is 53.8. The Bertz CT molecular complexity index is 5300. The van der Waals surface area contributed by atoms with Crippen LogP contribution < -0.4 is 4.57 Å². The van der Waals surface area contributed by atoms with Crippen LogP contribution in [0, 0.1) is 52.0 Å². The first kappa shape index (κ1) is 98.7. The molecule has 6 aromatic heterocycles. The van der Waals surface area contributed by atoms with Crippen molar-refractivity contribution in [1.82, 2.24) is 39.9 Å². The second-order valence-corrected chi connectivity index (χ2v) is 25.2. The number of fused-ring (bicyclic) bond motifs is 7. The van der Waals surface area contributed by atoms with E-state index in [0.29, 0.717) is 0 Å². The minimum Gasteiger partial charge on any atom is -0.512 e. The van der Waals surface area contributed by atoms with E-state index in [1.807, 2.05) is 184 Å². The number of allylic oxidation sites excluding steroid dienone is 8. The third-order valence-corrected chi connectivity index (χ3v) is 15.5. The van der Waals surface area contributed by atoms with Crippen LogP contribution in [0.5, 0.6) is 0 Å². The molecule has 116 heavy (non-hydrogen) atoms. The van der Waals surface area contributed by atoms with Crippen LogP contribution in [0.2, 0.25) is 0 Å². The molecule has 0 atom stereocenters. The van der Waals surface area contributed by atoms with E-state index >= 15 is 0 Å². The molecule has 0 saturated carbocycles. The minimum absolute atomic E-state index is 0. The number of aliphatic hydroxyl groups is 4. The van der Waals surface area contributed by atoms with Gasteiger partial charge in [-0.2, -0.15) is 4.57 Å². The molecule has 22 heteroatoms. The third-order valence-electron chi connectivity index (χ3n) is 15.5. The van der Waals surface area contributed by atoms with Crippen molar-refractivity contribution in [2.45, 2.75) is 89.6 Å². The molecule has 0 fully saturated rings. The SMILES string of the molecule is CC(=O)C=C(C)O.CC(=O)C=C(C)O.CC(=O)C=C(C)O.CC(=O)C=C(C)O.Cc1cc(-c2[c-]cccc2)ncn1.Cc1ccccc1-c1ncnc(-c2[c-]cccc2)c1C.Cc1ccnc(-c2[c-]cccc2)n1.[Ir].[Ir].[Ir].[Ir].[c-]1ccccc1-c1cc(-c2ccccc2)ncn1.c1cc[n+]2c(c1)-c1c(ccc3c1oc1ccccc13)C2. The number of ketones is 4. The number of nitrogens with zero attached hydrogens (tertiary/aromatic N) is 9. The molecule has 7 heterocycles. The van der Waals surface area contributed by atoms with E-state index in [1.54, 1.807) is 25.2 Å². The van der Waals surface area contributed by atoms with Gasteiger partial charge in [0.25, 0.3) is 0 Å². The summed E-state index contributed by atoms with van der Waals surface area (Å²) in [5.74, 6) is 0.487. The topological polar surface area (TPSA) is 269 Å². The summed E-state index contributed by atoms with van der Waals surface area (Å²) in [4.78, 5) is 74.2. The fourth-order valence-electron chi connectivity index (χ4n) is 10.9. The van der Waals surface area contributed by atoms with E-state index in [-0.39, 0.29) is 127 Å². The molecule has 1 aliphatic heterocycles. The molecule has 15 rings (SSSR count). The monoisotopic (exact) mass is 2260 g/mol. The van der Waals surface area contributed by atoms with Crippen molar-refractivity contribution in [3.63, 3.8) is 0 Å². The molecule has 602 valence electrons. The summed E-state index contributed by atoms with van der Waals surface area (Å²) in [6.07, 6.45) is 13.4. The van der Waals surface area contributed by atoms with E-state index in [0.717, 1.165) is 102 Å². The molecule has 18 nitrogen and oxygen atoms in total. The minimum atomic E-state index is -0.125. The Morgan fingerprint density at radius 2 is 0.871 bits per heavy atom. The normalized spacial score (nSPS) is 10.6. The quantitative estimate of drug-likeness (QED) is 0.0429. The van der Waals surface area contributed by atoms with Gasteiger partial charge < -0.3 is 24.8 Å². The summed E-state index contributed by atoms with van der Waals surface area (Å²) in [5, 5.41) is 35.9. The molecular weight excluding hydrogens is 2170 g/mol. The number of hydrogen-bond acceptors (Lipinski definition) is 17. The first-order valence-corrected chi connectivity index (χ1v) is 35.5. The van der Waals surface area contributed by atoms with Gasteiger partial charge in [-0.1, -0.05) is 91.0 Å². The Kier molecular flexibility index (Phi) is 44.3. The zero-order valence-corrected chi connectivity index (χ0v) is 75.5. The first-order valence-electron chi connectivity index (χ1n) is 35.5. The second-order valence-electron chi connectivity index (χ2n) is 25.2. The van der Waals surface area contributed by atoms with Crippen LogP contribution in [-0.4, -0.2) is 83.4 Å². The largest absolute Gasteiger partial charge is 0.512 e. The van der Waals surface area contributed by atoms with Gasteiger partial charge in [0, 0.05) is 156 Å². The van der Waals surface area contributed by atoms with Crippen LogP contribution in [0.1, 0.15) is 83.5 Å². The summed E-state index contributed by atoms with van der Waals surface area (Å²) in [6.45, 7) is 20.4. The molecule has 0 unspecified atom stereocenters. The van der Waals surface area contributed by atoms with Crippen LogP contribution in [0.4, 0.5) is 0 Å². The number of aromatic nitrogens is 9. The second kappa shape index (κ2) is 52.1. The summed E-state index contributed by atoms with van der Waals surface area (Å²) in [6, 6.07) is 87.0. The predicted octanol–water partition coefficient (Wildman–Crippen LogP) is 20.4. The fourth-order valence-corrected chi connectivity index (χ4v) is 10.9. The van der Waals surface area contributed by atoms with E-state index in [9.17, 15) is 19.2 Å². The summed E-state index contributed by atoms with van der Waals surface area (Å²) in [7, 11) is 0. The third kappa shape index (κ3) is 33.1. The van der Waals surface area contributed by atoms with E-state index in [1.165, 1.54) is 113 Å². The van der Waals surface area contributed by atoms with Gasteiger partial charge in [-0.05, 0) is 141 Å². The molecule has 4 radical (unpaired) electrons. The summed E-state index contributed by atoms with van der Waals surface area (Å²) in [5.41, 5.74) is 20.9. The van der Waals surface area contributed by atoms with Crippen molar-refractivity contribution in [3.05, 3.63) is 356 Å². The van der Waals surface area contributed by atoms with Gasteiger partial charge in [-0.3, -0.25) is 44.1 Å². The standard InChI is InChI=1S/C18H15N2.C18H12NO.C16H11N2.2C11H9N2.4C5H8O2.4Ir/c1-13-8-6-7-11-16(13)18-14(2)17(19-12-20-18)15-9-4-3-5-10-15;1-2-7-16-13(5-1)14-9-8-12-11-19-10-4-3-6-15(19)17(12)18(14)20-16;1-3-7-13(8-4-1)15-11-16(18-12-17-15)14-9-5-2-6-10-14;1-9-7-11(13-8-12-9)10-5-3-2-4-6-10;1-9-7-8-12-11(13-9)10-5-3-2-4-6-10;4*1-4(6)3-5(2)7;;;;/h3-9,11-12H,1-2H3;1-10H,11H2;1-9,11-12H;2*2-5,7-8H,1H3;4*3,6H,1-2H3;;;;/q-1;+1;3*-1;;;;;;;;. The Balaban J connectivity index is 0.000000347. The van der Waals surface area contributed by atoms with Crippen LogP contribution in [0.15, 0.2) is 308 Å². The predicted molar refractivity (Wildman–Crippen MR) is 442 cm³/mol. The number of carbonyl (C=O) groups excluding carboxylic acids is 4. The number of aryl methyl sites for hydroxylation is 3. The maximum Gasteiger partial charge on any atom is 0.217 e. The van der Waals surface area contributed by atoms with Gasteiger partial charge in [0.1, 0.15) is 30.1 Å². The van der Waals surface area contributed by atoms with Gasteiger partial charge >= 0.3 is 0 Å². The number of furan rings is 1. The van der Waals surface area contributed by atoms with Gasteiger partial charge in [0.05, 0.1) is 45.8 Å². The zero-order chi connectivity index (χ0) is 80.9. The molecule has 0 spiro atoms. The molecule has 8 aromatic carbocycles. The van der Waals surface area contributed by atoms with Crippen LogP contribution in [0.25, 0.3) is 101 Å². The van der Waals surface area contributed by atoms with E-state index in [4.69, 9.17) is 24.8 Å². The number of hydrogen-bond donors (Lipinski definition) is 4. The van der Waals surface area contributed by atoms with Gasteiger partial charge in [-0.15, -0.1) is 144 Å². The molecule has 0 aliphatic carbocycles. The van der Waals surface area contributed by atoms with Crippen LogP contribution >= 0.6 is 0 Å². The average Bonchev–Trinajstić information content (AvgIpc) is 1.58. The van der Waals surface area contributed by atoms with Crippen molar-refractivity contribution in [2.75, 3.05) is 0 Å². The number of para-hydroxylation sites is 1. The van der Waals surface area contributed by atoms with Gasteiger partial charge in [0.2, 0.25) is 5.69 Å². The van der Waals surface area contributed by atoms with E-state index < -0.39 is 0 Å². The average molecular weight is 2260 g/mol. The maximum atomic E-state index is 10.0. The number of aliphatic hydroxyl groups excluding tert-OH is 4. The summed E-state index contributed by atoms with van der Waals surface area (Å²) < 4.78 is 8.41. The van der Waals surface area contributed by atoms with Crippen molar-refractivity contribution in [1.29, 1.82) is 0 Å². The van der Waals surface area contributed by atoms with Crippen molar-refractivity contribution < 1.29 is 129 Å².